The van der Waals surface area contributed by atoms with Crippen LogP contribution >= 0.6 is 47.8 Å². The minimum atomic E-state index is -0.323. The van der Waals surface area contributed by atoms with Crippen molar-refractivity contribution in [1.82, 2.24) is 20.6 Å². The van der Waals surface area contributed by atoms with E-state index in [9.17, 15) is 4.79 Å². The SMILES string of the molecule is Nc1ncc(C2C3C(Br)=C(Br)NC3C(=O)NC[C@H]2Br)[nH]1. The topological polar surface area (TPSA) is 95.8 Å². The third-order valence-electron chi connectivity index (χ3n) is 3.65. The lowest BCUT2D eigenvalue weighted by Gasteiger charge is -2.26. The van der Waals surface area contributed by atoms with Gasteiger partial charge in [-0.1, -0.05) is 31.9 Å². The fourth-order valence-electron chi connectivity index (χ4n) is 2.75. The van der Waals surface area contributed by atoms with E-state index in [-0.39, 0.29) is 28.6 Å². The average Bonchev–Trinajstić information content (AvgIpc) is 2.91. The van der Waals surface area contributed by atoms with E-state index in [4.69, 9.17) is 5.73 Å². The first kappa shape index (κ1) is 14.4. The van der Waals surface area contributed by atoms with Gasteiger partial charge >= 0.3 is 0 Å². The van der Waals surface area contributed by atoms with Crippen LogP contribution in [0.2, 0.25) is 0 Å². The Labute approximate surface area is 140 Å². The van der Waals surface area contributed by atoms with Gasteiger partial charge in [0, 0.05) is 33.4 Å². The molecule has 0 saturated carbocycles. The van der Waals surface area contributed by atoms with Crippen LogP contribution in [0.25, 0.3) is 0 Å². The van der Waals surface area contributed by atoms with Gasteiger partial charge in [0.05, 0.1) is 10.8 Å². The molecule has 3 rings (SSSR count). The highest BCUT2D eigenvalue weighted by molar-refractivity contribution is 9.14. The zero-order chi connectivity index (χ0) is 14.4. The smallest absolute Gasteiger partial charge is 0.243 e. The first-order valence-corrected chi connectivity index (χ1v) is 8.53. The van der Waals surface area contributed by atoms with Crippen molar-refractivity contribution >= 4 is 59.6 Å². The Hall–Kier alpha value is -0.540. The summed E-state index contributed by atoms with van der Waals surface area (Å²) in [6.45, 7) is 0.551. The van der Waals surface area contributed by atoms with E-state index >= 15 is 0 Å². The number of carbonyl (C=O) groups is 1. The summed E-state index contributed by atoms with van der Waals surface area (Å²) >= 11 is 10.7. The Morgan fingerprint density at radius 1 is 1.35 bits per heavy atom. The Morgan fingerprint density at radius 3 is 2.75 bits per heavy atom. The van der Waals surface area contributed by atoms with Crippen molar-refractivity contribution in [3.8, 4) is 0 Å². The summed E-state index contributed by atoms with van der Waals surface area (Å²) in [6, 6.07) is -0.323. The first-order chi connectivity index (χ1) is 9.49. The highest BCUT2D eigenvalue weighted by Crippen LogP contribution is 2.46. The minimum Gasteiger partial charge on any atom is -0.369 e. The lowest BCUT2D eigenvalue weighted by atomic mass is 9.84. The van der Waals surface area contributed by atoms with Gasteiger partial charge in [0.15, 0.2) is 5.95 Å². The van der Waals surface area contributed by atoms with E-state index in [0.29, 0.717) is 12.5 Å². The lowest BCUT2D eigenvalue weighted by Crippen LogP contribution is -2.43. The molecule has 1 aromatic rings. The van der Waals surface area contributed by atoms with Gasteiger partial charge in [0.25, 0.3) is 0 Å². The number of aromatic amines is 1. The summed E-state index contributed by atoms with van der Waals surface area (Å²) in [7, 11) is 0. The molecule has 108 valence electrons. The second kappa shape index (κ2) is 5.34. The molecule has 9 heteroatoms. The standard InChI is InChI=1S/C11H12Br3N5O/c12-3-1-16-10(20)8-6(7(13)9(14)19-8)5(3)4-2-17-11(15)18-4/h2-3,5-6,8,19H,1H2,(H,16,20)(H3,15,17,18)/t3-,5?,6?,8?/m1/s1. The van der Waals surface area contributed by atoms with Gasteiger partial charge in [-0.25, -0.2) is 4.98 Å². The summed E-state index contributed by atoms with van der Waals surface area (Å²) in [5.74, 6) is 0.377. The lowest BCUT2D eigenvalue weighted by molar-refractivity contribution is -0.123. The van der Waals surface area contributed by atoms with Crippen molar-refractivity contribution in [3.05, 3.63) is 21.0 Å². The zero-order valence-corrected chi connectivity index (χ0v) is 14.9. The van der Waals surface area contributed by atoms with Crippen molar-refractivity contribution < 1.29 is 4.79 Å². The molecule has 6 nitrogen and oxygen atoms in total. The van der Waals surface area contributed by atoms with Crippen LogP contribution in [-0.2, 0) is 4.79 Å². The fourth-order valence-corrected chi connectivity index (χ4v) is 4.70. The third-order valence-corrected chi connectivity index (χ3v) is 6.65. The fraction of sp³-hybridized carbons (Fsp3) is 0.455. The molecule has 1 amide bonds. The van der Waals surface area contributed by atoms with Crippen molar-refractivity contribution in [1.29, 1.82) is 0 Å². The van der Waals surface area contributed by atoms with E-state index in [1.807, 2.05) is 0 Å². The summed E-state index contributed by atoms with van der Waals surface area (Å²) in [6.07, 6.45) is 1.73. The maximum absolute atomic E-state index is 12.2. The number of nitrogens with zero attached hydrogens (tertiary/aromatic N) is 1. The van der Waals surface area contributed by atoms with Crippen LogP contribution in [0.15, 0.2) is 15.3 Å². The number of imidazole rings is 1. The molecule has 2 aliphatic rings. The highest BCUT2D eigenvalue weighted by atomic mass is 79.9. The van der Waals surface area contributed by atoms with Crippen molar-refractivity contribution in [2.24, 2.45) is 5.92 Å². The minimum absolute atomic E-state index is 0.0131. The number of hydrogen-bond donors (Lipinski definition) is 4. The number of hydrogen-bond acceptors (Lipinski definition) is 4. The molecule has 1 fully saturated rings. The van der Waals surface area contributed by atoms with E-state index in [0.717, 1.165) is 14.8 Å². The number of nitrogens with one attached hydrogen (secondary N) is 3. The first-order valence-electron chi connectivity index (χ1n) is 6.03. The molecule has 4 atom stereocenters. The maximum Gasteiger partial charge on any atom is 0.243 e. The number of carbonyl (C=O) groups excluding carboxylic acids is 1. The van der Waals surface area contributed by atoms with Crippen LogP contribution < -0.4 is 16.4 Å². The average molecular weight is 470 g/mol. The largest absolute Gasteiger partial charge is 0.369 e. The van der Waals surface area contributed by atoms with Gasteiger partial charge < -0.3 is 21.4 Å². The Morgan fingerprint density at radius 2 is 2.10 bits per heavy atom. The molecule has 3 heterocycles. The number of anilines is 1. The molecule has 2 aliphatic heterocycles. The summed E-state index contributed by atoms with van der Waals surface area (Å²) in [5, 5.41) is 6.10. The van der Waals surface area contributed by atoms with E-state index < -0.39 is 0 Å². The normalized spacial score (nSPS) is 33.5. The Balaban J connectivity index is 2.06. The number of rotatable bonds is 1. The molecule has 0 aromatic carbocycles. The van der Waals surface area contributed by atoms with Crippen LogP contribution in [-0.4, -0.2) is 33.3 Å². The van der Waals surface area contributed by atoms with Crippen LogP contribution in [0.3, 0.4) is 0 Å². The number of aromatic nitrogens is 2. The maximum atomic E-state index is 12.2. The summed E-state index contributed by atoms with van der Waals surface area (Å²) in [5.41, 5.74) is 6.60. The Bertz CT molecular complexity index is 586. The molecule has 0 bridgehead atoms. The van der Waals surface area contributed by atoms with Crippen molar-refractivity contribution in [3.63, 3.8) is 0 Å². The summed E-state index contributed by atoms with van der Waals surface area (Å²) in [4.78, 5) is 19.4. The van der Waals surface area contributed by atoms with Gasteiger partial charge in [0.1, 0.15) is 6.04 Å². The molecule has 1 saturated heterocycles. The van der Waals surface area contributed by atoms with Gasteiger partial charge in [-0.3, -0.25) is 4.79 Å². The Kier molecular flexibility index (Phi) is 3.85. The third kappa shape index (κ3) is 2.29. The molecule has 20 heavy (non-hydrogen) atoms. The van der Waals surface area contributed by atoms with Crippen LogP contribution in [0.5, 0.6) is 0 Å². The van der Waals surface area contributed by atoms with Crippen molar-refractivity contribution in [2.45, 2.75) is 16.8 Å². The van der Waals surface area contributed by atoms with E-state index in [1.165, 1.54) is 0 Å². The van der Waals surface area contributed by atoms with Gasteiger partial charge in [-0.15, -0.1) is 0 Å². The second-order valence-electron chi connectivity index (χ2n) is 4.82. The quantitative estimate of drug-likeness (QED) is 0.370. The van der Waals surface area contributed by atoms with Gasteiger partial charge in [-0.2, -0.15) is 0 Å². The second-order valence-corrected chi connectivity index (χ2v) is 7.64. The summed E-state index contributed by atoms with van der Waals surface area (Å²) < 4.78 is 1.75. The van der Waals surface area contributed by atoms with Crippen LogP contribution in [0.4, 0.5) is 5.95 Å². The van der Waals surface area contributed by atoms with Crippen LogP contribution in [0.1, 0.15) is 11.6 Å². The van der Waals surface area contributed by atoms with Crippen LogP contribution in [0, 0.1) is 5.92 Å². The zero-order valence-electron chi connectivity index (χ0n) is 10.2. The molecule has 0 radical (unpaired) electrons. The van der Waals surface area contributed by atoms with Crippen molar-refractivity contribution in [2.75, 3.05) is 12.3 Å². The predicted octanol–water partition coefficient (Wildman–Crippen LogP) is 1.52. The molecule has 5 N–H and O–H groups in total. The molecule has 0 aliphatic carbocycles. The molecular formula is C11H12Br3N5O. The highest BCUT2D eigenvalue weighted by Gasteiger charge is 2.47. The number of halogens is 3. The number of nitrogen functional groups attached to an aromatic ring is 1. The number of nitrogens with two attached hydrogens (primary N) is 1. The molecule has 3 unspecified atom stereocenters. The van der Waals surface area contributed by atoms with Gasteiger partial charge in [-0.05, 0) is 15.9 Å². The number of amides is 1. The monoisotopic (exact) mass is 467 g/mol. The molecule has 1 aromatic heterocycles. The van der Waals surface area contributed by atoms with Gasteiger partial charge in [0.2, 0.25) is 5.91 Å². The predicted molar refractivity (Wildman–Crippen MR) is 86.8 cm³/mol. The van der Waals surface area contributed by atoms with E-state index in [2.05, 4.69) is 68.4 Å². The molecular weight excluding hydrogens is 458 g/mol. The van der Waals surface area contributed by atoms with E-state index in [1.54, 1.807) is 6.20 Å². The number of H-pyrrole nitrogens is 1. The molecule has 0 spiro atoms. The number of fused-ring (bicyclic) bond motifs is 1. The number of alkyl halides is 1.